The molecule has 0 fully saturated rings. The SMILES string of the molecule is C=CCN(CC(=O)O)C(=O)CCCC(C)N. The third-order valence-corrected chi connectivity index (χ3v) is 2.08. The Labute approximate surface area is 95.9 Å². The van der Waals surface area contributed by atoms with Crippen molar-refractivity contribution in [1.82, 2.24) is 4.90 Å². The zero-order valence-corrected chi connectivity index (χ0v) is 9.69. The van der Waals surface area contributed by atoms with Gasteiger partial charge in [-0.2, -0.15) is 0 Å². The van der Waals surface area contributed by atoms with Crippen LogP contribution in [0.1, 0.15) is 26.2 Å². The van der Waals surface area contributed by atoms with Crippen molar-refractivity contribution in [1.29, 1.82) is 0 Å². The molecule has 0 aromatic heterocycles. The maximum absolute atomic E-state index is 11.6. The van der Waals surface area contributed by atoms with E-state index < -0.39 is 5.97 Å². The molecule has 1 atom stereocenters. The lowest BCUT2D eigenvalue weighted by atomic mass is 10.1. The molecule has 0 aliphatic rings. The number of carboxylic acid groups (broad SMARTS) is 1. The largest absolute Gasteiger partial charge is 0.480 e. The number of carboxylic acids is 1. The van der Waals surface area contributed by atoms with Gasteiger partial charge in [-0.05, 0) is 19.8 Å². The third-order valence-electron chi connectivity index (χ3n) is 2.08. The Morgan fingerprint density at radius 2 is 2.19 bits per heavy atom. The fourth-order valence-corrected chi connectivity index (χ4v) is 1.31. The minimum absolute atomic E-state index is 0.0696. The quantitative estimate of drug-likeness (QED) is 0.596. The zero-order valence-electron chi connectivity index (χ0n) is 9.69. The first-order chi connectivity index (χ1) is 7.47. The molecule has 0 radical (unpaired) electrons. The number of rotatable bonds is 8. The molecule has 5 nitrogen and oxygen atoms in total. The van der Waals surface area contributed by atoms with Crippen molar-refractivity contribution in [3.05, 3.63) is 12.7 Å². The van der Waals surface area contributed by atoms with Crippen LogP contribution in [0.15, 0.2) is 12.7 Å². The first kappa shape index (κ1) is 14.6. The number of aliphatic carboxylic acids is 1. The predicted molar refractivity (Wildman–Crippen MR) is 61.9 cm³/mol. The summed E-state index contributed by atoms with van der Waals surface area (Å²) < 4.78 is 0. The highest BCUT2D eigenvalue weighted by atomic mass is 16.4. The lowest BCUT2D eigenvalue weighted by molar-refractivity contribution is -0.144. The van der Waals surface area contributed by atoms with Gasteiger partial charge in [-0.3, -0.25) is 9.59 Å². The van der Waals surface area contributed by atoms with Crippen molar-refractivity contribution in [2.24, 2.45) is 5.73 Å². The van der Waals surface area contributed by atoms with E-state index in [2.05, 4.69) is 6.58 Å². The summed E-state index contributed by atoms with van der Waals surface area (Å²) >= 11 is 0. The molecule has 16 heavy (non-hydrogen) atoms. The smallest absolute Gasteiger partial charge is 0.323 e. The highest BCUT2D eigenvalue weighted by Gasteiger charge is 2.14. The molecule has 0 spiro atoms. The second-order valence-corrected chi connectivity index (χ2v) is 3.83. The van der Waals surface area contributed by atoms with E-state index in [1.165, 1.54) is 11.0 Å². The molecule has 92 valence electrons. The number of nitrogens with two attached hydrogens (primary N) is 1. The number of hydrogen-bond acceptors (Lipinski definition) is 3. The van der Waals surface area contributed by atoms with Crippen molar-refractivity contribution in [2.45, 2.75) is 32.2 Å². The predicted octanol–water partition coefficient (Wildman–Crippen LogP) is 0.603. The number of carbonyl (C=O) groups is 2. The van der Waals surface area contributed by atoms with Gasteiger partial charge >= 0.3 is 5.97 Å². The van der Waals surface area contributed by atoms with Crippen molar-refractivity contribution in [3.63, 3.8) is 0 Å². The van der Waals surface area contributed by atoms with Gasteiger partial charge in [0.25, 0.3) is 0 Å². The van der Waals surface area contributed by atoms with E-state index in [1.807, 2.05) is 6.92 Å². The fourth-order valence-electron chi connectivity index (χ4n) is 1.31. The number of amides is 1. The number of carbonyl (C=O) groups excluding carboxylic acids is 1. The van der Waals surface area contributed by atoms with Crippen LogP contribution in [-0.4, -0.2) is 41.0 Å². The minimum atomic E-state index is -1.01. The van der Waals surface area contributed by atoms with Crippen molar-refractivity contribution >= 4 is 11.9 Å². The molecule has 3 N–H and O–H groups in total. The van der Waals surface area contributed by atoms with Gasteiger partial charge in [0.2, 0.25) is 5.91 Å². The molecule has 0 heterocycles. The van der Waals surface area contributed by atoms with Crippen LogP contribution < -0.4 is 5.73 Å². The van der Waals surface area contributed by atoms with E-state index in [-0.39, 0.29) is 25.0 Å². The standard InChI is InChI=1S/C11H20N2O3/c1-3-7-13(8-11(15)16)10(14)6-4-5-9(2)12/h3,9H,1,4-8,12H2,2H3,(H,15,16). The van der Waals surface area contributed by atoms with Gasteiger partial charge in [0.1, 0.15) is 6.54 Å². The lowest BCUT2D eigenvalue weighted by Gasteiger charge is -2.18. The van der Waals surface area contributed by atoms with Crippen LogP contribution in [0, 0.1) is 0 Å². The van der Waals surface area contributed by atoms with E-state index in [9.17, 15) is 9.59 Å². The summed E-state index contributed by atoms with van der Waals surface area (Å²) in [6.45, 7) is 5.36. The van der Waals surface area contributed by atoms with Gasteiger partial charge in [0.05, 0.1) is 0 Å². The Morgan fingerprint density at radius 3 is 2.62 bits per heavy atom. The Bertz CT molecular complexity index is 252. The fraction of sp³-hybridized carbons (Fsp3) is 0.636. The Hall–Kier alpha value is -1.36. The Balaban J connectivity index is 4.06. The summed E-state index contributed by atoms with van der Waals surface area (Å²) in [7, 11) is 0. The number of hydrogen-bond donors (Lipinski definition) is 2. The second kappa shape index (κ2) is 7.87. The third kappa shape index (κ3) is 7.00. The average Bonchev–Trinajstić information content (AvgIpc) is 2.15. The highest BCUT2D eigenvalue weighted by molar-refractivity contribution is 5.81. The van der Waals surface area contributed by atoms with Crippen molar-refractivity contribution in [3.8, 4) is 0 Å². The number of nitrogens with zero attached hydrogens (tertiary/aromatic N) is 1. The van der Waals surface area contributed by atoms with E-state index >= 15 is 0 Å². The molecule has 0 bridgehead atoms. The lowest BCUT2D eigenvalue weighted by Crippen LogP contribution is -2.35. The molecule has 0 aliphatic heterocycles. The molecule has 5 heteroatoms. The van der Waals surface area contributed by atoms with Crippen LogP contribution in [0.5, 0.6) is 0 Å². The highest BCUT2D eigenvalue weighted by Crippen LogP contribution is 2.03. The molecule has 0 aromatic rings. The molecule has 0 saturated heterocycles. The van der Waals surface area contributed by atoms with E-state index in [0.29, 0.717) is 12.8 Å². The first-order valence-electron chi connectivity index (χ1n) is 5.33. The van der Waals surface area contributed by atoms with Crippen molar-refractivity contribution < 1.29 is 14.7 Å². The molecule has 0 aliphatic carbocycles. The molecule has 1 unspecified atom stereocenters. The van der Waals surface area contributed by atoms with Gasteiger partial charge < -0.3 is 15.7 Å². The summed E-state index contributed by atoms with van der Waals surface area (Å²) in [6.07, 6.45) is 3.31. The van der Waals surface area contributed by atoms with Crippen LogP contribution in [0.25, 0.3) is 0 Å². The summed E-state index contributed by atoms with van der Waals surface area (Å²) in [5, 5.41) is 8.62. The molecule has 0 aromatic carbocycles. The first-order valence-corrected chi connectivity index (χ1v) is 5.33. The molecular weight excluding hydrogens is 208 g/mol. The summed E-state index contributed by atoms with van der Waals surface area (Å²) in [5.41, 5.74) is 5.56. The van der Waals surface area contributed by atoms with Crippen LogP contribution >= 0.6 is 0 Å². The van der Waals surface area contributed by atoms with Gasteiger partial charge in [-0.25, -0.2) is 0 Å². The Kier molecular flexibility index (Phi) is 7.20. The van der Waals surface area contributed by atoms with Crippen LogP contribution in [0.2, 0.25) is 0 Å². The maximum Gasteiger partial charge on any atom is 0.323 e. The van der Waals surface area contributed by atoms with Gasteiger partial charge in [0.15, 0.2) is 0 Å². The van der Waals surface area contributed by atoms with E-state index in [1.54, 1.807) is 0 Å². The van der Waals surface area contributed by atoms with Crippen LogP contribution in [0.3, 0.4) is 0 Å². The summed E-state index contributed by atoms with van der Waals surface area (Å²) in [6, 6.07) is 0.0696. The monoisotopic (exact) mass is 228 g/mol. The molecule has 0 saturated carbocycles. The van der Waals surface area contributed by atoms with Gasteiger partial charge in [0, 0.05) is 19.0 Å². The molecule has 1 amide bonds. The summed E-state index contributed by atoms with van der Waals surface area (Å²) in [5.74, 6) is -1.18. The van der Waals surface area contributed by atoms with E-state index in [0.717, 1.165) is 6.42 Å². The van der Waals surface area contributed by atoms with E-state index in [4.69, 9.17) is 10.8 Å². The average molecular weight is 228 g/mol. The van der Waals surface area contributed by atoms with Crippen LogP contribution in [-0.2, 0) is 9.59 Å². The topological polar surface area (TPSA) is 83.6 Å². The minimum Gasteiger partial charge on any atom is -0.480 e. The summed E-state index contributed by atoms with van der Waals surface area (Å²) in [4.78, 5) is 23.4. The second-order valence-electron chi connectivity index (χ2n) is 3.83. The normalized spacial score (nSPS) is 11.9. The maximum atomic E-state index is 11.6. The zero-order chi connectivity index (χ0) is 12.6. The van der Waals surface area contributed by atoms with Crippen LogP contribution in [0.4, 0.5) is 0 Å². The van der Waals surface area contributed by atoms with Gasteiger partial charge in [-0.1, -0.05) is 6.08 Å². The molecular formula is C11H20N2O3. The van der Waals surface area contributed by atoms with Gasteiger partial charge in [-0.15, -0.1) is 6.58 Å². The van der Waals surface area contributed by atoms with Crippen molar-refractivity contribution in [2.75, 3.05) is 13.1 Å². The Morgan fingerprint density at radius 1 is 1.56 bits per heavy atom. The molecule has 0 rings (SSSR count).